The van der Waals surface area contributed by atoms with Gasteiger partial charge in [0.2, 0.25) is 0 Å². The number of carbonyl (C=O) groups excluding carboxylic acids is 2. The summed E-state index contributed by atoms with van der Waals surface area (Å²) < 4.78 is 14.8. The van der Waals surface area contributed by atoms with Crippen molar-refractivity contribution in [3.8, 4) is 6.07 Å². The van der Waals surface area contributed by atoms with Gasteiger partial charge in [0.25, 0.3) is 0 Å². The molecule has 5 nitrogen and oxygen atoms in total. The summed E-state index contributed by atoms with van der Waals surface area (Å²) in [6.45, 7) is 10.7. The number of nitrogens with zero attached hydrogens (tertiary/aromatic N) is 1. The first kappa shape index (κ1) is 28.0. The zero-order valence-electron chi connectivity index (χ0n) is 20.4. The van der Waals surface area contributed by atoms with Gasteiger partial charge in [-0.3, -0.25) is 0 Å². The van der Waals surface area contributed by atoms with Crippen molar-refractivity contribution in [3.63, 3.8) is 0 Å². The molecule has 0 aliphatic heterocycles. The van der Waals surface area contributed by atoms with Crippen LogP contribution in [-0.4, -0.2) is 44.5 Å². The third-order valence-corrected chi connectivity index (χ3v) is 23.5. The van der Waals surface area contributed by atoms with E-state index in [9.17, 15) is 14.9 Å². The van der Waals surface area contributed by atoms with Crippen LogP contribution in [0.1, 0.15) is 72.1 Å². The number of nitriles is 1. The number of hydrogen-bond donors (Lipinski definition) is 0. The molecule has 1 fully saturated rings. The van der Waals surface area contributed by atoms with Crippen LogP contribution in [0.3, 0.4) is 0 Å². The minimum absolute atomic E-state index is 0.190. The molecule has 176 valence electrons. The fraction of sp³-hybridized carbons (Fsp3) is 0.800. The third kappa shape index (κ3) is 6.27. The Morgan fingerprint density at radius 3 is 1.81 bits per heavy atom. The van der Waals surface area contributed by atoms with Crippen molar-refractivity contribution in [2.75, 3.05) is 14.2 Å². The Morgan fingerprint density at radius 2 is 1.48 bits per heavy atom. The number of ether oxygens (including phenoxy) is 2. The fourth-order valence-corrected chi connectivity index (χ4v) is 24.0. The minimum atomic E-state index is -2.74. The first-order valence-electron chi connectivity index (χ1n) is 12.0. The Bertz CT molecular complexity index is 619. The van der Waals surface area contributed by atoms with Gasteiger partial charge in [0, 0.05) is 0 Å². The zero-order valence-corrected chi connectivity index (χ0v) is 23.3. The van der Waals surface area contributed by atoms with Crippen LogP contribution < -0.4 is 0 Å². The van der Waals surface area contributed by atoms with Crippen molar-refractivity contribution in [2.45, 2.75) is 89.9 Å². The molecule has 0 aromatic heterocycles. The van der Waals surface area contributed by atoms with Gasteiger partial charge < -0.3 is 0 Å². The topological polar surface area (TPSA) is 76.4 Å². The second-order valence-electron chi connectivity index (χ2n) is 9.54. The summed E-state index contributed by atoms with van der Waals surface area (Å²) >= 11 is -2.74. The molecule has 0 spiro atoms. The van der Waals surface area contributed by atoms with Gasteiger partial charge >= 0.3 is 194 Å². The average molecular weight is 540 g/mol. The van der Waals surface area contributed by atoms with Gasteiger partial charge in [-0.15, -0.1) is 0 Å². The quantitative estimate of drug-likeness (QED) is 0.112. The van der Waals surface area contributed by atoms with Gasteiger partial charge in [-0.05, 0) is 0 Å². The standard InChI is InChI=1S/C13H16NO4.3C4H9.Sn/c1-5-9-6-13(10(15)17-3,11(16)18-4)7-12(9,2)8-14;3*1-3-4-2;/h5,9H,1-2,6-7H2,3-4H3;3*1,3-4H2,2H3;/t9-,12+;;;;/m0..../s1. The van der Waals surface area contributed by atoms with Crippen LogP contribution in [0.5, 0.6) is 0 Å². The number of unbranched alkanes of at least 4 members (excludes halogenated alkanes) is 3. The van der Waals surface area contributed by atoms with E-state index in [1.807, 2.05) is 0 Å². The molecule has 0 aromatic rings. The molecule has 6 heteroatoms. The van der Waals surface area contributed by atoms with E-state index < -0.39 is 41.1 Å². The monoisotopic (exact) mass is 541 g/mol. The van der Waals surface area contributed by atoms with Crippen molar-refractivity contribution in [1.82, 2.24) is 0 Å². The van der Waals surface area contributed by atoms with E-state index in [1.165, 1.54) is 46.8 Å². The molecule has 2 atom stereocenters. The van der Waals surface area contributed by atoms with Gasteiger partial charge in [0.05, 0.1) is 0 Å². The third-order valence-electron chi connectivity index (χ3n) is 7.43. The van der Waals surface area contributed by atoms with Crippen LogP contribution in [0.2, 0.25) is 17.7 Å². The predicted molar refractivity (Wildman–Crippen MR) is 127 cm³/mol. The van der Waals surface area contributed by atoms with Crippen molar-refractivity contribution in [2.24, 2.45) is 16.7 Å². The average Bonchev–Trinajstić information content (AvgIpc) is 3.14. The van der Waals surface area contributed by atoms with Crippen LogP contribution in [0.4, 0.5) is 0 Å². The van der Waals surface area contributed by atoms with E-state index in [0.717, 1.165) is 23.7 Å². The Hall–Kier alpha value is -1.03. The van der Waals surface area contributed by atoms with Crippen LogP contribution in [0.25, 0.3) is 0 Å². The molecule has 0 amide bonds. The first-order chi connectivity index (χ1) is 14.8. The summed E-state index contributed by atoms with van der Waals surface area (Å²) in [6, 6.07) is 2.64. The summed E-state index contributed by atoms with van der Waals surface area (Å²) in [5.74, 6) is -1.38. The van der Waals surface area contributed by atoms with Gasteiger partial charge in [-0.1, -0.05) is 0 Å². The number of hydrogen-bond acceptors (Lipinski definition) is 5. The summed E-state index contributed by atoms with van der Waals surface area (Å²) in [5, 5.41) is 10.5. The van der Waals surface area contributed by atoms with Crippen LogP contribution in [0, 0.1) is 28.1 Å². The van der Waals surface area contributed by atoms with E-state index in [-0.39, 0.29) is 18.8 Å². The summed E-state index contributed by atoms with van der Waals surface area (Å²) in [6.07, 6.45) is 9.36. The van der Waals surface area contributed by atoms with Gasteiger partial charge in [0.15, 0.2) is 0 Å². The second-order valence-corrected chi connectivity index (χ2v) is 23.4. The van der Waals surface area contributed by atoms with Crippen LogP contribution in [0.15, 0.2) is 12.7 Å². The maximum absolute atomic E-state index is 12.8. The molecule has 1 rings (SSSR count). The number of allylic oxidation sites excluding steroid dienone is 1. The molecule has 0 heterocycles. The zero-order chi connectivity index (χ0) is 23.5. The molecule has 1 aliphatic carbocycles. The van der Waals surface area contributed by atoms with Crippen molar-refractivity contribution >= 4 is 30.3 Å². The number of rotatable bonds is 14. The van der Waals surface area contributed by atoms with E-state index >= 15 is 0 Å². The number of methoxy groups -OCH3 is 2. The number of esters is 2. The summed E-state index contributed by atoms with van der Waals surface area (Å²) in [5.41, 5.74) is -2.15. The second kappa shape index (κ2) is 12.9. The molecular formula is C25H43NO4Sn. The Balaban J connectivity index is 3.50. The molecule has 0 bridgehead atoms. The van der Waals surface area contributed by atoms with Gasteiger partial charge in [-0.25, -0.2) is 0 Å². The van der Waals surface area contributed by atoms with E-state index in [0.29, 0.717) is 0 Å². The molecule has 0 unspecified atom stereocenters. The summed E-state index contributed by atoms with van der Waals surface area (Å²) in [4.78, 5) is 25.7. The summed E-state index contributed by atoms with van der Waals surface area (Å²) in [7, 11) is 2.60. The number of carbonyl (C=O) groups is 2. The van der Waals surface area contributed by atoms with E-state index in [4.69, 9.17) is 9.47 Å². The van der Waals surface area contributed by atoms with Crippen molar-refractivity contribution in [3.05, 3.63) is 12.7 Å². The Morgan fingerprint density at radius 1 is 1.03 bits per heavy atom. The molecule has 0 aromatic carbocycles. The van der Waals surface area contributed by atoms with E-state index in [2.05, 4.69) is 33.4 Å². The van der Waals surface area contributed by atoms with Crippen molar-refractivity contribution < 1.29 is 19.1 Å². The first-order valence-corrected chi connectivity index (χ1v) is 20.1. The van der Waals surface area contributed by atoms with Crippen LogP contribution >= 0.6 is 0 Å². The van der Waals surface area contributed by atoms with Gasteiger partial charge in [-0.2, -0.15) is 0 Å². The van der Waals surface area contributed by atoms with Crippen LogP contribution in [-0.2, 0) is 19.1 Å². The molecular weight excluding hydrogens is 497 g/mol. The molecule has 0 N–H and O–H groups in total. The van der Waals surface area contributed by atoms with E-state index in [1.54, 1.807) is 6.08 Å². The maximum atomic E-state index is 12.8. The molecule has 0 saturated heterocycles. The van der Waals surface area contributed by atoms with Gasteiger partial charge in [0.1, 0.15) is 0 Å². The molecule has 1 aliphatic rings. The Kier molecular flexibility index (Phi) is 11.6. The van der Waals surface area contributed by atoms with Crippen molar-refractivity contribution in [1.29, 1.82) is 5.26 Å². The predicted octanol–water partition coefficient (Wildman–Crippen LogP) is 6.27. The molecule has 0 radical (unpaired) electrons. The Labute approximate surface area is 193 Å². The normalized spacial score (nSPS) is 22.5. The fourth-order valence-electron chi connectivity index (χ4n) is 5.73. The molecule has 31 heavy (non-hydrogen) atoms. The SMILES string of the molecule is C=C[C@H]1CC(C(=O)OC)(C(=O)OC)C[C@@]1(C#N)[CH2][Sn]([CH2]CCC)([CH2]CCC)[CH2]CCC. The molecule has 1 saturated carbocycles.